The molecule has 116 valence electrons. The van der Waals surface area contributed by atoms with Crippen molar-refractivity contribution in [2.45, 2.75) is 39.7 Å². The van der Waals surface area contributed by atoms with Crippen molar-refractivity contribution >= 4 is 12.0 Å². The van der Waals surface area contributed by atoms with Gasteiger partial charge in [-0.3, -0.25) is 9.69 Å². The van der Waals surface area contributed by atoms with Crippen molar-refractivity contribution in [3.8, 4) is 0 Å². The number of aliphatic carboxylic acids is 1. The monoisotopic (exact) mass is 285 g/mol. The van der Waals surface area contributed by atoms with E-state index in [0.29, 0.717) is 19.1 Å². The third-order valence-electron chi connectivity index (χ3n) is 3.98. The summed E-state index contributed by atoms with van der Waals surface area (Å²) in [6.45, 7) is 9.14. The van der Waals surface area contributed by atoms with E-state index in [1.807, 2.05) is 6.92 Å². The number of nitrogens with one attached hydrogen (secondary N) is 1. The predicted octanol–water partition coefficient (Wildman–Crippen LogP) is 1.22. The molecule has 0 aromatic rings. The number of carbonyl (C=O) groups is 2. The molecule has 1 rings (SSSR count). The molecule has 0 spiro atoms. The third kappa shape index (κ3) is 4.67. The van der Waals surface area contributed by atoms with Crippen LogP contribution in [0.4, 0.5) is 4.79 Å². The number of amides is 2. The fourth-order valence-corrected chi connectivity index (χ4v) is 2.62. The molecule has 1 fully saturated rings. The van der Waals surface area contributed by atoms with Crippen LogP contribution >= 0.6 is 0 Å². The highest BCUT2D eigenvalue weighted by Crippen LogP contribution is 2.15. The van der Waals surface area contributed by atoms with E-state index in [2.05, 4.69) is 17.1 Å². The fraction of sp³-hybridized carbons (Fsp3) is 0.857. The normalized spacial score (nSPS) is 20.6. The van der Waals surface area contributed by atoms with Crippen LogP contribution < -0.4 is 5.32 Å². The zero-order valence-corrected chi connectivity index (χ0v) is 12.8. The Balaban J connectivity index is 2.41. The maximum absolute atomic E-state index is 12.1. The molecule has 0 radical (unpaired) electrons. The molecule has 0 saturated carbocycles. The molecule has 1 aliphatic rings. The highest BCUT2D eigenvalue weighted by atomic mass is 16.4. The van der Waals surface area contributed by atoms with Gasteiger partial charge in [0.15, 0.2) is 0 Å². The van der Waals surface area contributed by atoms with Crippen molar-refractivity contribution in [1.29, 1.82) is 0 Å². The number of rotatable bonds is 7. The molecule has 1 saturated heterocycles. The van der Waals surface area contributed by atoms with E-state index in [4.69, 9.17) is 5.11 Å². The molecule has 0 bridgehead atoms. The maximum Gasteiger partial charge on any atom is 0.317 e. The second-order valence-corrected chi connectivity index (χ2v) is 5.39. The van der Waals surface area contributed by atoms with Crippen molar-refractivity contribution in [2.75, 3.05) is 32.7 Å². The van der Waals surface area contributed by atoms with Crippen LogP contribution in [-0.2, 0) is 4.79 Å². The van der Waals surface area contributed by atoms with Crippen molar-refractivity contribution < 1.29 is 14.7 Å². The molecule has 0 aromatic carbocycles. The standard InChI is InChI=1S/C14H27N3O3/c1-4-16-8-6-7-12(16)9-15-14(20)17(5-2)10-11(3)13(18)19/h11-12H,4-10H2,1-3H3,(H,15,20)(H,18,19). The lowest BCUT2D eigenvalue weighted by Gasteiger charge is -2.26. The number of carboxylic acids is 1. The van der Waals surface area contributed by atoms with Crippen LogP contribution in [0.15, 0.2) is 0 Å². The Morgan fingerprint density at radius 3 is 2.70 bits per heavy atom. The number of nitrogens with zero attached hydrogens (tertiary/aromatic N) is 2. The van der Waals surface area contributed by atoms with Gasteiger partial charge in [-0.1, -0.05) is 13.8 Å². The average molecular weight is 285 g/mol. The molecule has 0 aliphatic carbocycles. The first kappa shape index (κ1) is 16.8. The van der Waals surface area contributed by atoms with Crippen LogP contribution in [-0.4, -0.2) is 65.7 Å². The number of hydrogen-bond acceptors (Lipinski definition) is 3. The molecule has 6 nitrogen and oxygen atoms in total. The molecule has 2 N–H and O–H groups in total. The summed E-state index contributed by atoms with van der Waals surface area (Å²) < 4.78 is 0. The van der Waals surface area contributed by atoms with Gasteiger partial charge in [0, 0.05) is 25.7 Å². The zero-order chi connectivity index (χ0) is 15.1. The molecule has 2 atom stereocenters. The van der Waals surface area contributed by atoms with Crippen molar-refractivity contribution in [3.63, 3.8) is 0 Å². The van der Waals surface area contributed by atoms with Gasteiger partial charge in [0.2, 0.25) is 0 Å². The van der Waals surface area contributed by atoms with E-state index in [9.17, 15) is 9.59 Å². The summed E-state index contributed by atoms with van der Waals surface area (Å²) in [5.41, 5.74) is 0. The van der Waals surface area contributed by atoms with Gasteiger partial charge in [0.05, 0.1) is 5.92 Å². The molecule has 20 heavy (non-hydrogen) atoms. The lowest BCUT2D eigenvalue weighted by atomic mass is 10.2. The Hall–Kier alpha value is -1.30. The molecular formula is C14H27N3O3. The number of likely N-dealkylation sites (N-methyl/N-ethyl adjacent to an activating group) is 1. The number of urea groups is 1. The number of likely N-dealkylation sites (tertiary alicyclic amines) is 1. The highest BCUT2D eigenvalue weighted by Gasteiger charge is 2.24. The summed E-state index contributed by atoms with van der Waals surface area (Å²) in [5, 5.41) is 11.8. The van der Waals surface area contributed by atoms with Gasteiger partial charge in [-0.25, -0.2) is 4.79 Å². The SMILES string of the molecule is CCN(CC(C)C(=O)O)C(=O)NCC1CCCN1CC. The van der Waals surface area contributed by atoms with Crippen LogP contribution in [0.1, 0.15) is 33.6 Å². The minimum atomic E-state index is -0.871. The average Bonchev–Trinajstić information content (AvgIpc) is 2.88. The van der Waals surface area contributed by atoms with Crippen molar-refractivity contribution in [2.24, 2.45) is 5.92 Å². The van der Waals surface area contributed by atoms with E-state index >= 15 is 0 Å². The number of carbonyl (C=O) groups excluding carboxylic acids is 1. The highest BCUT2D eigenvalue weighted by molar-refractivity contribution is 5.76. The van der Waals surface area contributed by atoms with Crippen molar-refractivity contribution in [1.82, 2.24) is 15.1 Å². The lowest BCUT2D eigenvalue weighted by Crippen LogP contribution is -2.47. The van der Waals surface area contributed by atoms with E-state index in [1.54, 1.807) is 11.8 Å². The van der Waals surface area contributed by atoms with E-state index in [-0.39, 0.29) is 12.6 Å². The predicted molar refractivity (Wildman–Crippen MR) is 77.7 cm³/mol. The number of carboxylic acid groups (broad SMARTS) is 1. The number of hydrogen-bond donors (Lipinski definition) is 2. The molecular weight excluding hydrogens is 258 g/mol. The van der Waals surface area contributed by atoms with Crippen LogP contribution in [0.2, 0.25) is 0 Å². The summed E-state index contributed by atoms with van der Waals surface area (Å²) in [4.78, 5) is 26.9. The zero-order valence-electron chi connectivity index (χ0n) is 12.8. The molecule has 1 aliphatic heterocycles. The first-order valence-electron chi connectivity index (χ1n) is 7.49. The molecule has 2 unspecified atom stereocenters. The fourth-order valence-electron chi connectivity index (χ4n) is 2.62. The van der Waals surface area contributed by atoms with Crippen LogP contribution in [0, 0.1) is 5.92 Å². The summed E-state index contributed by atoms with van der Waals surface area (Å²) in [7, 11) is 0. The van der Waals surface area contributed by atoms with Gasteiger partial charge in [-0.05, 0) is 32.9 Å². The Morgan fingerprint density at radius 1 is 1.45 bits per heavy atom. The second-order valence-electron chi connectivity index (χ2n) is 5.39. The molecule has 6 heteroatoms. The minimum Gasteiger partial charge on any atom is -0.481 e. The Bertz CT molecular complexity index is 336. The van der Waals surface area contributed by atoms with Crippen molar-refractivity contribution in [3.05, 3.63) is 0 Å². The summed E-state index contributed by atoms with van der Waals surface area (Å²) in [5.74, 6) is -1.41. The Labute approximate surface area is 121 Å². The maximum atomic E-state index is 12.1. The van der Waals surface area contributed by atoms with Gasteiger partial charge < -0.3 is 15.3 Å². The Morgan fingerprint density at radius 2 is 2.15 bits per heavy atom. The minimum absolute atomic E-state index is 0.163. The summed E-state index contributed by atoms with van der Waals surface area (Å²) >= 11 is 0. The van der Waals surface area contributed by atoms with E-state index < -0.39 is 11.9 Å². The van der Waals surface area contributed by atoms with Gasteiger partial charge in [-0.15, -0.1) is 0 Å². The van der Waals surface area contributed by atoms with Gasteiger partial charge in [0.1, 0.15) is 0 Å². The largest absolute Gasteiger partial charge is 0.481 e. The third-order valence-corrected chi connectivity index (χ3v) is 3.98. The summed E-state index contributed by atoms with van der Waals surface area (Å²) in [6, 6.07) is 0.253. The van der Waals surface area contributed by atoms with Gasteiger partial charge in [-0.2, -0.15) is 0 Å². The Kier molecular flexibility index (Phi) is 6.78. The van der Waals surface area contributed by atoms with Crippen LogP contribution in [0.5, 0.6) is 0 Å². The quantitative estimate of drug-likeness (QED) is 0.738. The van der Waals surface area contributed by atoms with Gasteiger partial charge >= 0.3 is 12.0 Å². The van der Waals surface area contributed by atoms with Gasteiger partial charge in [0.25, 0.3) is 0 Å². The smallest absolute Gasteiger partial charge is 0.317 e. The topological polar surface area (TPSA) is 72.9 Å². The van der Waals surface area contributed by atoms with Crippen LogP contribution in [0.25, 0.3) is 0 Å². The first-order chi connectivity index (χ1) is 9.49. The van der Waals surface area contributed by atoms with Crippen LogP contribution in [0.3, 0.4) is 0 Å². The first-order valence-corrected chi connectivity index (χ1v) is 7.49. The van der Waals surface area contributed by atoms with E-state index in [0.717, 1.165) is 19.5 Å². The molecule has 2 amide bonds. The molecule has 0 aromatic heterocycles. The summed E-state index contributed by atoms with van der Waals surface area (Å²) in [6.07, 6.45) is 2.30. The van der Waals surface area contributed by atoms with E-state index in [1.165, 1.54) is 6.42 Å². The second kappa shape index (κ2) is 8.09. The lowest BCUT2D eigenvalue weighted by molar-refractivity contribution is -0.141. The molecule has 1 heterocycles.